The molecule has 3 amide bonds. The highest BCUT2D eigenvalue weighted by Gasteiger charge is 2.40. The molecule has 11 nitrogen and oxygen atoms in total. The predicted octanol–water partition coefficient (Wildman–Crippen LogP) is 3.53. The van der Waals surface area contributed by atoms with Crippen LogP contribution in [0.25, 0.3) is 0 Å². The lowest BCUT2D eigenvalue weighted by atomic mass is 9.77. The maximum Gasteiger partial charge on any atom is 0.424 e. The van der Waals surface area contributed by atoms with Gasteiger partial charge in [-0.1, -0.05) is 63.1 Å². The van der Waals surface area contributed by atoms with E-state index in [0.29, 0.717) is 37.0 Å². The number of nitrogens with one attached hydrogen (secondary N) is 2. The Morgan fingerprint density at radius 2 is 1.70 bits per heavy atom. The molecule has 2 heterocycles. The zero-order valence-electron chi connectivity index (χ0n) is 25.4. The lowest BCUT2D eigenvalue weighted by Crippen LogP contribution is -2.61. The highest BCUT2D eigenvalue weighted by molar-refractivity contribution is 5.86. The molecule has 1 saturated heterocycles. The Morgan fingerprint density at radius 3 is 2.35 bits per heavy atom. The number of hydrogen-bond donors (Lipinski definition) is 3. The van der Waals surface area contributed by atoms with Crippen LogP contribution in [0.3, 0.4) is 0 Å². The number of carbonyl (C=O) groups excluding carboxylic acids is 3. The number of benzene rings is 1. The van der Waals surface area contributed by atoms with Crippen LogP contribution < -0.4 is 10.6 Å². The summed E-state index contributed by atoms with van der Waals surface area (Å²) in [6.07, 6.45) is 4.27. The van der Waals surface area contributed by atoms with E-state index >= 15 is 0 Å². The first-order chi connectivity index (χ1) is 20.7. The molecular weight excluding hydrogens is 550 g/mol. The number of nitrogens with zero attached hydrogens (tertiary/aromatic N) is 3. The van der Waals surface area contributed by atoms with Crippen LogP contribution in [0.1, 0.15) is 50.8 Å². The van der Waals surface area contributed by atoms with Gasteiger partial charge in [0.15, 0.2) is 0 Å². The Kier molecular flexibility index (Phi) is 11.7. The number of rotatable bonds is 11. The Balaban J connectivity index is 1.46. The van der Waals surface area contributed by atoms with Crippen molar-refractivity contribution < 1.29 is 29.0 Å². The van der Waals surface area contributed by atoms with Crippen molar-refractivity contribution in [2.24, 2.45) is 17.8 Å². The van der Waals surface area contributed by atoms with E-state index in [1.807, 2.05) is 49.2 Å². The van der Waals surface area contributed by atoms with Crippen molar-refractivity contribution in [2.45, 2.75) is 70.7 Å². The average molecular weight is 596 g/mol. The van der Waals surface area contributed by atoms with Gasteiger partial charge in [-0.05, 0) is 54.7 Å². The number of alkyl carbamates (subject to hydrolysis) is 1. The van der Waals surface area contributed by atoms with E-state index in [0.717, 1.165) is 31.2 Å². The van der Waals surface area contributed by atoms with Gasteiger partial charge < -0.3 is 25.2 Å². The molecule has 2 fully saturated rings. The minimum Gasteiger partial charge on any atom is -0.452 e. The maximum atomic E-state index is 13.6. The monoisotopic (exact) mass is 595 g/mol. The molecule has 1 aromatic heterocycles. The number of hydrazine groups is 1. The Morgan fingerprint density at radius 1 is 1.00 bits per heavy atom. The van der Waals surface area contributed by atoms with Gasteiger partial charge in [0.05, 0.1) is 24.9 Å². The minimum absolute atomic E-state index is 0.0250. The molecule has 1 aromatic carbocycles. The lowest BCUT2D eigenvalue weighted by molar-refractivity contribution is -0.127. The number of pyridine rings is 1. The third-order valence-electron chi connectivity index (χ3n) is 8.43. The van der Waals surface area contributed by atoms with Gasteiger partial charge >= 0.3 is 12.2 Å². The fourth-order valence-corrected chi connectivity index (χ4v) is 6.03. The molecule has 3 N–H and O–H groups in total. The zero-order chi connectivity index (χ0) is 30.8. The Hall–Kier alpha value is -3.70. The molecule has 4 rings (SSSR count). The Bertz CT molecular complexity index is 1180. The molecule has 234 valence electrons. The molecule has 1 saturated carbocycles. The lowest BCUT2D eigenvalue weighted by Gasteiger charge is -2.48. The van der Waals surface area contributed by atoms with Gasteiger partial charge in [0.2, 0.25) is 5.91 Å². The summed E-state index contributed by atoms with van der Waals surface area (Å²) in [5.74, 6) is 0.171. The summed E-state index contributed by atoms with van der Waals surface area (Å²) in [4.78, 5) is 43.1. The number of ether oxygens (including phenoxy) is 2. The molecule has 5 atom stereocenters. The van der Waals surface area contributed by atoms with Crippen molar-refractivity contribution in [1.29, 1.82) is 0 Å². The normalized spacial score (nSPS) is 20.8. The summed E-state index contributed by atoms with van der Waals surface area (Å²) in [5, 5.41) is 20.7. The molecule has 1 aliphatic carbocycles. The van der Waals surface area contributed by atoms with E-state index in [1.54, 1.807) is 29.4 Å². The highest BCUT2D eigenvalue weighted by Crippen LogP contribution is 2.35. The van der Waals surface area contributed by atoms with Crippen molar-refractivity contribution in [2.75, 3.05) is 26.7 Å². The van der Waals surface area contributed by atoms with Crippen LogP contribution in [-0.4, -0.2) is 83.1 Å². The van der Waals surface area contributed by atoms with E-state index in [4.69, 9.17) is 9.47 Å². The number of β-amino-alcohol motifs (C(OH)–C–C–N with tert-alkyl or cyclic N) is 1. The van der Waals surface area contributed by atoms with Crippen molar-refractivity contribution in [3.8, 4) is 0 Å². The summed E-state index contributed by atoms with van der Waals surface area (Å²) in [7, 11) is 1.36. The number of aliphatic hydroxyl groups excluding tert-OH is 1. The van der Waals surface area contributed by atoms with Crippen molar-refractivity contribution in [3.63, 3.8) is 0 Å². The molecule has 2 aromatic rings. The molecule has 1 aliphatic heterocycles. The van der Waals surface area contributed by atoms with E-state index in [1.165, 1.54) is 7.11 Å². The molecular formula is C32H45N5O6. The third-order valence-corrected chi connectivity index (χ3v) is 8.43. The van der Waals surface area contributed by atoms with Crippen molar-refractivity contribution in [3.05, 3.63) is 66.0 Å². The molecule has 0 bridgehead atoms. The van der Waals surface area contributed by atoms with Crippen molar-refractivity contribution >= 4 is 18.1 Å². The van der Waals surface area contributed by atoms with Crippen LogP contribution in [0.4, 0.5) is 9.59 Å². The largest absolute Gasteiger partial charge is 0.452 e. The van der Waals surface area contributed by atoms with Crippen LogP contribution in [0, 0.1) is 17.8 Å². The number of aromatic nitrogens is 1. The summed E-state index contributed by atoms with van der Waals surface area (Å²) in [5.41, 5.74) is 1.53. The number of hydrogen-bond acceptors (Lipinski definition) is 8. The summed E-state index contributed by atoms with van der Waals surface area (Å²) in [6.45, 7) is 4.97. The van der Waals surface area contributed by atoms with Crippen molar-refractivity contribution in [1.82, 2.24) is 25.6 Å². The number of methoxy groups -OCH3 is 1. The molecule has 43 heavy (non-hydrogen) atoms. The number of fused-ring (bicyclic) bond motifs is 1. The van der Waals surface area contributed by atoms with Gasteiger partial charge in [-0.2, -0.15) is 0 Å². The van der Waals surface area contributed by atoms with Gasteiger partial charge in [0.1, 0.15) is 12.6 Å². The fourth-order valence-electron chi connectivity index (χ4n) is 6.03. The van der Waals surface area contributed by atoms with Gasteiger partial charge in [0, 0.05) is 25.8 Å². The van der Waals surface area contributed by atoms with Crippen LogP contribution in [0.15, 0.2) is 54.7 Å². The summed E-state index contributed by atoms with van der Waals surface area (Å²) in [6, 6.07) is 13.3. The minimum atomic E-state index is -1.01. The number of amides is 3. The second-order valence-corrected chi connectivity index (χ2v) is 11.9. The fraction of sp³-hybridized carbons (Fsp3) is 0.562. The second kappa shape index (κ2) is 15.7. The van der Waals surface area contributed by atoms with Crippen LogP contribution in [0.2, 0.25) is 0 Å². The van der Waals surface area contributed by atoms with E-state index in [2.05, 4.69) is 15.6 Å². The highest BCUT2D eigenvalue weighted by atomic mass is 16.6. The Labute approximate surface area is 253 Å². The first kappa shape index (κ1) is 32.2. The quantitative estimate of drug-likeness (QED) is 0.359. The van der Waals surface area contributed by atoms with Gasteiger partial charge in [-0.3, -0.25) is 9.78 Å². The second-order valence-electron chi connectivity index (χ2n) is 11.9. The van der Waals surface area contributed by atoms with E-state index in [9.17, 15) is 19.5 Å². The first-order valence-corrected chi connectivity index (χ1v) is 15.2. The van der Waals surface area contributed by atoms with Crippen LogP contribution in [-0.2, 0) is 27.3 Å². The third kappa shape index (κ3) is 9.14. The summed E-state index contributed by atoms with van der Waals surface area (Å²) < 4.78 is 10.4. The predicted molar refractivity (Wildman–Crippen MR) is 160 cm³/mol. The number of carbonyl (C=O) groups is 3. The maximum absolute atomic E-state index is 13.6. The van der Waals surface area contributed by atoms with Crippen LogP contribution >= 0.6 is 0 Å². The zero-order valence-corrected chi connectivity index (χ0v) is 25.4. The SMILES string of the molecule is COC(=O)N1C[C@@H]2CCCC[C@@H]2CN1CC(O)[C@H](Cc1ccccc1)NC(=O)[C@H](NC(=O)OCc1ccccn1)C(C)C. The van der Waals surface area contributed by atoms with E-state index < -0.39 is 36.3 Å². The standard InChI is InChI=1S/C32H45N5O6/c1-22(2)29(35-31(40)43-21-26-15-9-10-16-33-26)30(39)34-27(17-23-11-5-4-6-12-23)28(38)20-36-18-24-13-7-8-14-25(24)19-37(36)32(41)42-3/h4-6,9-12,15-16,22,24-25,27-29,38H,7-8,13-14,17-21H2,1-3H3,(H,34,39)(H,35,40)/t24-,25+,27+,28?,29-/m1/s1. The van der Waals surface area contributed by atoms with Gasteiger partial charge in [0.25, 0.3) is 0 Å². The number of aliphatic hydroxyl groups is 1. The first-order valence-electron chi connectivity index (χ1n) is 15.2. The average Bonchev–Trinajstić information content (AvgIpc) is 3.02. The van der Waals surface area contributed by atoms with Gasteiger partial charge in [-0.15, -0.1) is 0 Å². The topological polar surface area (TPSA) is 133 Å². The molecule has 0 radical (unpaired) electrons. The molecule has 2 aliphatic rings. The van der Waals surface area contributed by atoms with E-state index in [-0.39, 0.29) is 19.1 Å². The van der Waals surface area contributed by atoms with Gasteiger partial charge in [-0.25, -0.2) is 19.6 Å². The smallest absolute Gasteiger partial charge is 0.424 e. The molecule has 0 spiro atoms. The van der Waals surface area contributed by atoms with Crippen LogP contribution in [0.5, 0.6) is 0 Å². The molecule has 1 unspecified atom stereocenters. The summed E-state index contributed by atoms with van der Waals surface area (Å²) >= 11 is 0. The molecule has 11 heteroatoms.